The first kappa shape index (κ1) is 20.8. The molecule has 1 saturated heterocycles. The SMILES string of the molecule is COc1ccc(C(=O)NS(=O)(=O)c2cccnc2N)c(N2C[C@@H](C)CC2(C)C)n1. The summed E-state index contributed by atoms with van der Waals surface area (Å²) in [5.41, 5.74) is 5.55. The summed E-state index contributed by atoms with van der Waals surface area (Å²) < 4.78 is 32.6. The molecule has 1 fully saturated rings. The Labute approximate surface area is 170 Å². The summed E-state index contributed by atoms with van der Waals surface area (Å²) in [5, 5.41) is 0. The number of aromatic nitrogens is 2. The zero-order valence-corrected chi connectivity index (χ0v) is 17.7. The first-order valence-corrected chi connectivity index (χ1v) is 10.6. The number of carbonyl (C=O) groups is 1. The highest BCUT2D eigenvalue weighted by Crippen LogP contribution is 2.38. The molecule has 0 unspecified atom stereocenters. The second-order valence-electron chi connectivity index (χ2n) is 7.78. The van der Waals surface area contributed by atoms with Crippen molar-refractivity contribution in [3.63, 3.8) is 0 Å². The highest BCUT2D eigenvalue weighted by atomic mass is 32.2. The number of pyridine rings is 2. The minimum Gasteiger partial charge on any atom is -0.481 e. The molecule has 3 heterocycles. The Morgan fingerprint density at radius 2 is 2.07 bits per heavy atom. The predicted octanol–water partition coefficient (Wildman–Crippen LogP) is 1.81. The van der Waals surface area contributed by atoms with Gasteiger partial charge in [-0.3, -0.25) is 4.79 Å². The van der Waals surface area contributed by atoms with Crippen molar-refractivity contribution in [3.8, 4) is 5.88 Å². The van der Waals surface area contributed by atoms with Gasteiger partial charge >= 0.3 is 0 Å². The van der Waals surface area contributed by atoms with Gasteiger partial charge in [-0.1, -0.05) is 6.92 Å². The lowest BCUT2D eigenvalue weighted by molar-refractivity contribution is 0.0981. The third-order valence-electron chi connectivity index (χ3n) is 4.95. The number of nitrogen functional groups attached to an aromatic ring is 1. The third kappa shape index (κ3) is 4.12. The van der Waals surface area contributed by atoms with Crippen LogP contribution in [0.4, 0.5) is 11.6 Å². The number of anilines is 2. The van der Waals surface area contributed by atoms with Gasteiger partial charge in [0, 0.05) is 24.3 Å². The fourth-order valence-electron chi connectivity index (χ4n) is 3.75. The molecular weight excluding hydrogens is 394 g/mol. The van der Waals surface area contributed by atoms with E-state index in [2.05, 4.69) is 35.5 Å². The minimum absolute atomic E-state index is 0.138. The molecule has 0 aliphatic carbocycles. The zero-order chi connectivity index (χ0) is 21.4. The topological polar surface area (TPSA) is 128 Å². The molecule has 10 heteroatoms. The second-order valence-corrected chi connectivity index (χ2v) is 9.43. The normalized spacial score (nSPS) is 18.5. The van der Waals surface area contributed by atoms with Gasteiger partial charge in [0.05, 0.1) is 12.7 Å². The molecule has 0 bridgehead atoms. The molecule has 3 N–H and O–H groups in total. The molecular formula is C19H25N5O4S. The number of methoxy groups -OCH3 is 1. The van der Waals surface area contributed by atoms with Gasteiger partial charge in [-0.2, -0.15) is 4.98 Å². The Balaban J connectivity index is 2.00. The molecule has 1 atom stereocenters. The van der Waals surface area contributed by atoms with Crippen molar-refractivity contribution in [2.45, 2.75) is 37.6 Å². The highest BCUT2D eigenvalue weighted by molar-refractivity contribution is 7.90. The summed E-state index contributed by atoms with van der Waals surface area (Å²) in [5.74, 6) is 0.133. The van der Waals surface area contributed by atoms with Gasteiger partial charge in [-0.15, -0.1) is 0 Å². The number of ether oxygens (including phenoxy) is 1. The van der Waals surface area contributed by atoms with Gasteiger partial charge in [-0.25, -0.2) is 18.1 Å². The van der Waals surface area contributed by atoms with Gasteiger partial charge in [-0.05, 0) is 44.4 Å². The highest BCUT2D eigenvalue weighted by Gasteiger charge is 2.39. The Morgan fingerprint density at radius 1 is 1.34 bits per heavy atom. The fourth-order valence-corrected chi connectivity index (χ4v) is 4.80. The molecule has 0 spiro atoms. The van der Waals surface area contributed by atoms with Crippen LogP contribution < -0.4 is 20.1 Å². The molecule has 0 saturated carbocycles. The van der Waals surface area contributed by atoms with E-state index in [0.717, 1.165) is 6.42 Å². The summed E-state index contributed by atoms with van der Waals surface area (Å²) in [6.45, 7) is 6.94. The van der Waals surface area contributed by atoms with Crippen LogP contribution in [0.5, 0.6) is 5.88 Å². The van der Waals surface area contributed by atoms with E-state index in [1.807, 2.05) is 4.90 Å². The number of nitrogens with one attached hydrogen (secondary N) is 1. The lowest BCUT2D eigenvalue weighted by Gasteiger charge is -2.33. The molecule has 1 amide bonds. The Bertz CT molecular complexity index is 1040. The summed E-state index contributed by atoms with van der Waals surface area (Å²) in [6, 6.07) is 5.76. The van der Waals surface area contributed by atoms with E-state index in [9.17, 15) is 13.2 Å². The molecule has 1 aliphatic heterocycles. The Kier molecular flexibility index (Phi) is 5.40. The van der Waals surface area contributed by atoms with Crippen LogP contribution in [0.25, 0.3) is 0 Å². The molecule has 9 nitrogen and oxygen atoms in total. The number of carbonyl (C=O) groups excluding carboxylic acids is 1. The average molecular weight is 420 g/mol. The molecule has 29 heavy (non-hydrogen) atoms. The van der Waals surface area contributed by atoms with Gasteiger partial charge in [0.1, 0.15) is 16.5 Å². The molecule has 0 radical (unpaired) electrons. The summed E-state index contributed by atoms with van der Waals surface area (Å²) in [7, 11) is -2.71. The largest absolute Gasteiger partial charge is 0.481 e. The molecule has 1 aliphatic rings. The molecule has 0 aromatic carbocycles. The van der Waals surface area contributed by atoms with Crippen molar-refractivity contribution in [3.05, 3.63) is 36.0 Å². The number of nitrogens with zero attached hydrogens (tertiary/aromatic N) is 3. The van der Waals surface area contributed by atoms with E-state index in [4.69, 9.17) is 10.5 Å². The summed E-state index contributed by atoms with van der Waals surface area (Å²) in [6.07, 6.45) is 2.29. The van der Waals surface area contributed by atoms with Crippen LogP contribution in [0.2, 0.25) is 0 Å². The molecule has 2 aromatic rings. The van der Waals surface area contributed by atoms with Crippen molar-refractivity contribution in [1.29, 1.82) is 0 Å². The van der Waals surface area contributed by atoms with Crippen molar-refractivity contribution in [2.24, 2.45) is 5.92 Å². The maximum absolute atomic E-state index is 13.0. The van der Waals surface area contributed by atoms with E-state index in [1.54, 1.807) is 0 Å². The molecule has 3 rings (SSSR count). The lowest BCUT2D eigenvalue weighted by atomic mass is 9.97. The van der Waals surface area contributed by atoms with Crippen molar-refractivity contribution in [2.75, 3.05) is 24.3 Å². The standard InChI is InChI=1S/C19H25N5O4S/c1-12-10-19(2,3)24(11-12)17-13(7-8-15(22-17)28-4)18(25)23-29(26,27)14-6-5-9-21-16(14)20/h5-9,12H,10-11H2,1-4H3,(H2,20,21)(H,23,25)/t12-/m0/s1. The van der Waals surface area contributed by atoms with Gasteiger partial charge in [0.15, 0.2) is 0 Å². The van der Waals surface area contributed by atoms with E-state index in [0.29, 0.717) is 24.2 Å². The number of hydrogen-bond acceptors (Lipinski definition) is 8. The number of sulfonamides is 1. The van der Waals surface area contributed by atoms with Crippen LogP contribution in [0.3, 0.4) is 0 Å². The van der Waals surface area contributed by atoms with Crippen LogP contribution in [0, 0.1) is 5.92 Å². The lowest BCUT2D eigenvalue weighted by Crippen LogP contribution is -2.41. The fraction of sp³-hybridized carbons (Fsp3) is 0.421. The smallest absolute Gasteiger partial charge is 0.268 e. The first-order valence-electron chi connectivity index (χ1n) is 9.15. The van der Waals surface area contributed by atoms with Crippen LogP contribution in [0.15, 0.2) is 35.4 Å². The molecule has 2 aromatic heterocycles. The monoisotopic (exact) mass is 419 g/mol. The van der Waals surface area contributed by atoms with Gasteiger partial charge in [0.25, 0.3) is 15.9 Å². The number of amides is 1. The van der Waals surface area contributed by atoms with Crippen LogP contribution >= 0.6 is 0 Å². The number of rotatable bonds is 5. The number of nitrogens with two attached hydrogens (primary N) is 1. The minimum atomic E-state index is -4.20. The quantitative estimate of drug-likeness (QED) is 0.751. The van der Waals surface area contributed by atoms with E-state index in [-0.39, 0.29) is 21.8 Å². The maximum atomic E-state index is 13.0. The summed E-state index contributed by atoms with van der Waals surface area (Å²) >= 11 is 0. The Hall–Kier alpha value is -2.88. The van der Waals surface area contributed by atoms with Crippen LogP contribution in [-0.4, -0.2) is 43.5 Å². The second kappa shape index (κ2) is 7.51. The third-order valence-corrected chi connectivity index (χ3v) is 6.33. The number of hydrogen-bond donors (Lipinski definition) is 2. The van der Waals surface area contributed by atoms with Gasteiger partial charge < -0.3 is 15.4 Å². The predicted molar refractivity (Wildman–Crippen MR) is 109 cm³/mol. The van der Waals surface area contributed by atoms with Crippen molar-refractivity contribution < 1.29 is 17.9 Å². The van der Waals surface area contributed by atoms with Crippen molar-refractivity contribution in [1.82, 2.24) is 14.7 Å². The van der Waals surface area contributed by atoms with Crippen LogP contribution in [-0.2, 0) is 10.0 Å². The molecule has 156 valence electrons. The van der Waals surface area contributed by atoms with E-state index in [1.165, 1.54) is 37.6 Å². The summed E-state index contributed by atoms with van der Waals surface area (Å²) in [4.78, 5) is 22.9. The maximum Gasteiger partial charge on any atom is 0.268 e. The first-order chi connectivity index (χ1) is 13.5. The average Bonchev–Trinajstić information content (AvgIpc) is 2.93. The van der Waals surface area contributed by atoms with E-state index >= 15 is 0 Å². The van der Waals surface area contributed by atoms with E-state index < -0.39 is 15.9 Å². The van der Waals surface area contributed by atoms with Crippen LogP contribution in [0.1, 0.15) is 37.6 Å². The van der Waals surface area contributed by atoms with Crippen molar-refractivity contribution >= 4 is 27.6 Å². The van der Waals surface area contributed by atoms with Gasteiger partial charge in [0.2, 0.25) is 5.88 Å². The zero-order valence-electron chi connectivity index (χ0n) is 16.8. The Morgan fingerprint density at radius 3 is 2.66 bits per heavy atom.